The second kappa shape index (κ2) is 9.32. The fourth-order valence-corrected chi connectivity index (χ4v) is 4.93. The molecule has 3 rings (SSSR count). The first kappa shape index (κ1) is 25.0. The third kappa shape index (κ3) is 5.31. The smallest absolute Gasteiger partial charge is 0.182 e. The first-order valence-corrected chi connectivity index (χ1v) is 12.1. The summed E-state index contributed by atoms with van der Waals surface area (Å²) in [5.74, 6) is 1.24. The Labute approximate surface area is 199 Å². The van der Waals surface area contributed by atoms with E-state index in [1.54, 1.807) is 0 Å². The maximum atomic E-state index is 13.5. The average Bonchev–Trinajstić information content (AvgIpc) is 3.03. The van der Waals surface area contributed by atoms with Gasteiger partial charge >= 0.3 is 0 Å². The van der Waals surface area contributed by atoms with Gasteiger partial charge in [0.05, 0.1) is 6.54 Å². The zero-order chi connectivity index (χ0) is 24.6. The molecule has 4 nitrogen and oxygen atoms in total. The van der Waals surface area contributed by atoms with Gasteiger partial charge in [-0.25, -0.2) is 0 Å². The number of ketones is 1. The minimum absolute atomic E-state index is 0.000268. The van der Waals surface area contributed by atoms with Gasteiger partial charge in [0.1, 0.15) is 11.6 Å². The molecule has 0 aromatic heterocycles. The van der Waals surface area contributed by atoms with Gasteiger partial charge in [-0.15, -0.1) is 0 Å². The number of nitrogens with one attached hydrogen (secondary N) is 1. The lowest BCUT2D eigenvalue weighted by molar-refractivity contribution is 0.0964. The van der Waals surface area contributed by atoms with E-state index in [2.05, 4.69) is 60.6 Å². The molecule has 1 fully saturated rings. The van der Waals surface area contributed by atoms with E-state index in [-0.39, 0.29) is 40.7 Å². The van der Waals surface area contributed by atoms with Crippen LogP contribution < -0.4 is 0 Å². The highest BCUT2D eigenvalue weighted by atomic mass is 16.3. The number of aromatic hydroxyl groups is 1. The molecule has 0 spiro atoms. The van der Waals surface area contributed by atoms with Gasteiger partial charge in [-0.1, -0.05) is 85.2 Å². The van der Waals surface area contributed by atoms with Crippen molar-refractivity contribution < 1.29 is 9.90 Å². The monoisotopic (exact) mass is 448 g/mol. The van der Waals surface area contributed by atoms with Crippen LogP contribution in [0.2, 0.25) is 0 Å². The van der Waals surface area contributed by atoms with E-state index in [1.807, 2.05) is 35.2 Å². The van der Waals surface area contributed by atoms with Gasteiger partial charge in [0, 0.05) is 35.1 Å². The second-order valence-corrected chi connectivity index (χ2v) is 11.5. The number of hydrogen-bond acceptors (Lipinski definition) is 3. The molecule has 1 heterocycles. The highest BCUT2D eigenvalue weighted by Crippen LogP contribution is 2.40. The van der Waals surface area contributed by atoms with Gasteiger partial charge in [-0.3, -0.25) is 10.2 Å². The van der Waals surface area contributed by atoms with E-state index in [0.717, 1.165) is 24.0 Å². The van der Waals surface area contributed by atoms with Crippen molar-refractivity contribution in [3.05, 3.63) is 64.7 Å². The number of phenolic OH excluding ortho intramolecular Hbond substituents is 1. The van der Waals surface area contributed by atoms with E-state index >= 15 is 0 Å². The van der Waals surface area contributed by atoms with Crippen LogP contribution in [0.4, 0.5) is 0 Å². The Kier molecular flexibility index (Phi) is 7.07. The summed E-state index contributed by atoms with van der Waals surface area (Å²) in [7, 11) is 0. The third-order valence-electron chi connectivity index (χ3n) is 6.80. The summed E-state index contributed by atoms with van der Waals surface area (Å²) >= 11 is 0. The Balaban J connectivity index is 1.93. The van der Waals surface area contributed by atoms with Gasteiger partial charge in [-0.05, 0) is 34.9 Å². The van der Waals surface area contributed by atoms with Crippen molar-refractivity contribution in [2.24, 2.45) is 5.92 Å². The maximum Gasteiger partial charge on any atom is 0.182 e. The highest BCUT2D eigenvalue weighted by Gasteiger charge is 2.38. The largest absolute Gasteiger partial charge is 0.507 e. The molecule has 2 N–H and O–H groups in total. The lowest BCUT2D eigenvalue weighted by atomic mass is 9.78. The first-order chi connectivity index (χ1) is 15.3. The fraction of sp³-hybridized carbons (Fsp3) is 0.517. The number of Topliss-reactive ketones (excluding diaryl/α,β-unsaturated/α-hetero) is 1. The standard InChI is InChI=1S/C29H40N2O2/c1-8-12-21-22(19-13-10-9-11-14-19)17-31(27(21)30)18-25(32)20-15-23(28(2,3)4)26(33)24(16-20)29(5,6)7/h9-11,13-16,21-22,30,33H,8,12,17-18H2,1-7H3. The summed E-state index contributed by atoms with van der Waals surface area (Å²) in [6, 6.07) is 14.1. The van der Waals surface area contributed by atoms with E-state index in [4.69, 9.17) is 5.41 Å². The molecule has 178 valence electrons. The van der Waals surface area contributed by atoms with Gasteiger partial charge in [0.2, 0.25) is 0 Å². The molecule has 0 aliphatic carbocycles. The fourth-order valence-electron chi connectivity index (χ4n) is 4.93. The van der Waals surface area contributed by atoms with Crippen LogP contribution in [0.25, 0.3) is 0 Å². The molecule has 2 atom stereocenters. The minimum atomic E-state index is -0.286. The van der Waals surface area contributed by atoms with E-state index < -0.39 is 0 Å². The molecule has 1 saturated heterocycles. The number of amidine groups is 1. The molecule has 2 aromatic rings. The molecule has 4 heteroatoms. The number of rotatable bonds is 6. The predicted molar refractivity (Wildman–Crippen MR) is 137 cm³/mol. The lowest BCUT2D eigenvalue weighted by Gasteiger charge is -2.28. The summed E-state index contributed by atoms with van der Waals surface area (Å²) in [5, 5.41) is 19.8. The van der Waals surface area contributed by atoms with Crippen molar-refractivity contribution in [1.82, 2.24) is 4.90 Å². The van der Waals surface area contributed by atoms with Crippen molar-refractivity contribution in [3.8, 4) is 5.75 Å². The lowest BCUT2D eigenvalue weighted by Crippen LogP contribution is -2.32. The zero-order valence-electron chi connectivity index (χ0n) is 21.3. The van der Waals surface area contributed by atoms with Crippen LogP contribution in [0.1, 0.15) is 94.3 Å². The van der Waals surface area contributed by atoms with Crippen LogP contribution in [0.15, 0.2) is 42.5 Å². The number of phenols is 1. The zero-order valence-corrected chi connectivity index (χ0v) is 21.3. The Hall–Kier alpha value is -2.62. The van der Waals surface area contributed by atoms with Crippen LogP contribution in [0, 0.1) is 11.3 Å². The molecule has 2 unspecified atom stereocenters. The van der Waals surface area contributed by atoms with Crippen molar-refractivity contribution in [3.63, 3.8) is 0 Å². The average molecular weight is 449 g/mol. The Morgan fingerprint density at radius 1 is 1.03 bits per heavy atom. The molecule has 0 saturated carbocycles. The Morgan fingerprint density at radius 2 is 1.58 bits per heavy atom. The quantitative estimate of drug-likeness (QED) is 0.486. The summed E-state index contributed by atoms with van der Waals surface area (Å²) in [6.07, 6.45) is 1.96. The van der Waals surface area contributed by atoms with Crippen LogP contribution >= 0.6 is 0 Å². The number of carbonyl (C=O) groups excluding carboxylic acids is 1. The Bertz CT molecular complexity index is 977. The van der Waals surface area contributed by atoms with Gasteiger partial charge in [0.15, 0.2) is 5.78 Å². The highest BCUT2D eigenvalue weighted by molar-refractivity contribution is 6.01. The van der Waals surface area contributed by atoms with Crippen molar-refractivity contribution in [2.45, 2.75) is 78.1 Å². The third-order valence-corrected chi connectivity index (χ3v) is 6.80. The molecule has 0 radical (unpaired) electrons. The van der Waals surface area contributed by atoms with Crippen LogP contribution in [-0.4, -0.2) is 34.7 Å². The van der Waals surface area contributed by atoms with Crippen molar-refractivity contribution in [1.29, 1.82) is 5.41 Å². The molecule has 2 aromatic carbocycles. The molecule has 1 aliphatic heterocycles. The maximum absolute atomic E-state index is 13.5. The molecular formula is C29H40N2O2. The summed E-state index contributed by atoms with van der Waals surface area (Å²) in [5.41, 5.74) is 2.87. The van der Waals surface area contributed by atoms with Crippen LogP contribution in [0.3, 0.4) is 0 Å². The Morgan fingerprint density at radius 3 is 2.06 bits per heavy atom. The second-order valence-electron chi connectivity index (χ2n) is 11.5. The van der Waals surface area contributed by atoms with Crippen LogP contribution in [-0.2, 0) is 10.8 Å². The van der Waals surface area contributed by atoms with Gasteiger partial charge in [-0.2, -0.15) is 0 Å². The van der Waals surface area contributed by atoms with Crippen molar-refractivity contribution in [2.75, 3.05) is 13.1 Å². The summed E-state index contributed by atoms with van der Waals surface area (Å²) < 4.78 is 0. The van der Waals surface area contributed by atoms with Crippen LogP contribution in [0.5, 0.6) is 5.75 Å². The van der Waals surface area contributed by atoms with Gasteiger partial charge < -0.3 is 10.0 Å². The first-order valence-electron chi connectivity index (χ1n) is 12.1. The summed E-state index contributed by atoms with van der Waals surface area (Å²) in [6.45, 7) is 15.4. The normalized spacial score (nSPS) is 19.2. The number of hydrogen-bond donors (Lipinski definition) is 2. The molecule has 33 heavy (non-hydrogen) atoms. The van der Waals surface area contributed by atoms with Gasteiger partial charge in [0.25, 0.3) is 0 Å². The van der Waals surface area contributed by atoms with E-state index in [9.17, 15) is 9.90 Å². The van der Waals surface area contributed by atoms with E-state index in [1.165, 1.54) is 5.56 Å². The van der Waals surface area contributed by atoms with Crippen molar-refractivity contribution >= 4 is 11.6 Å². The number of nitrogens with zero attached hydrogens (tertiary/aromatic N) is 1. The SMILES string of the molecule is CCCC1C(=N)N(CC(=O)c2cc(C(C)(C)C)c(O)c(C(C)(C)C)c2)CC1c1ccccc1. The summed E-state index contributed by atoms with van der Waals surface area (Å²) in [4.78, 5) is 15.5. The number of carbonyl (C=O) groups is 1. The molecule has 1 aliphatic rings. The molecule has 0 amide bonds. The number of benzene rings is 2. The predicted octanol–water partition coefficient (Wildman–Crippen LogP) is 6.66. The minimum Gasteiger partial charge on any atom is -0.507 e. The molecular weight excluding hydrogens is 408 g/mol. The topological polar surface area (TPSA) is 64.4 Å². The molecule has 0 bridgehead atoms. The van der Waals surface area contributed by atoms with E-state index in [0.29, 0.717) is 17.9 Å². The number of likely N-dealkylation sites (tertiary alicyclic amines) is 1.